The van der Waals surface area contributed by atoms with E-state index in [1.54, 1.807) is 7.11 Å². The van der Waals surface area contributed by atoms with Crippen LogP contribution in [0.3, 0.4) is 0 Å². The van der Waals surface area contributed by atoms with Crippen molar-refractivity contribution >= 4 is 11.6 Å². The molecule has 0 saturated carbocycles. The Labute approximate surface area is 146 Å². The van der Waals surface area contributed by atoms with Crippen LogP contribution in [0.2, 0.25) is 0 Å². The Morgan fingerprint density at radius 1 is 1.29 bits per heavy atom. The summed E-state index contributed by atoms with van der Waals surface area (Å²) in [6.07, 6.45) is 7.39. The third kappa shape index (κ3) is 3.59. The summed E-state index contributed by atoms with van der Waals surface area (Å²) in [5.74, 6) is 0.862. The summed E-state index contributed by atoms with van der Waals surface area (Å²) >= 11 is 0. The highest BCUT2D eigenvalue weighted by atomic mass is 16.5. The third-order valence-electron chi connectivity index (χ3n) is 4.48. The molecular weight excluding hydrogens is 294 g/mol. The molecule has 2 aromatic rings. The SMILES string of the molecule is C=Cc1c(C(=C)CCCC)cc[n+](C)c1-c1cc(OC)ccc1C. The minimum Gasteiger partial charge on any atom is -0.497 e. The minimum atomic E-state index is 0.862. The lowest BCUT2D eigenvalue weighted by atomic mass is 9.92. The van der Waals surface area contributed by atoms with Crippen molar-refractivity contribution in [2.24, 2.45) is 7.05 Å². The van der Waals surface area contributed by atoms with Gasteiger partial charge in [-0.2, -0.15) is 0 Å². The van der Waals surface area contributed by atoms with Gasteiger partial charge < -0.3 is 4.74 Å². The first kappa shape index (κ1) is 18.0. The number of aromatic nitrogens is 1. The molecule has 0 spiro atoms. The standard InChI is InChI=1S/C22H28NO/c1-7-9-10-16(3)20-13-14-23(5)22(19(20)8-2)21-15-18(24-6)12-11-17(21)4/h8,11-15H,2-3,7,9-10H2,1,4-6H3/q+1. The molecule has 0 N–H and O–H groups in total. The van der Waals surface area contributed by atoms with Gasteiger partial charge in [-0.15, -0.1) is 0 Å². The Kier molecular flexibility index (Phi) is 5.97. The largest absolute Gasteiger partial charge is 0.497 e. The molecule has 2 nitrogen and oxygen atoms in total. The van der Waals surface area contributed by atoms with Gasteiger partial charge >= 0.3 is 0 Å². The summed E-state index contributed by atoms with van der Waals surface area (Å²) in [6, 6.07) is 8.33. The summed E-state index contributed by atoms with van der Waals surface area (Å²) in [5, 5.41) is 0. The fourth-order valence-electron chi connectivity index (χ4n) is 3.03. The van der Waals surface area contributed by atoms with E-state index in [2.05, 4.69) is 63.0 Å². The maximum atomic E-state index is 5.42. The molecule has 0 saturated heterocycles. The predicted molar refractivity (Wildman–Crippen MR) is 103 cm³/mol. The first-order chi connectivity index (χ1) is 11.5. The van der Waals surface area contributed by atoms with Crippen molar-refractivity contribution in [2.75, 3.05) is 7.11 Å². The van der Waals surface area contributed by atoms with Crippen LogP contribution in [0.15, 0.2) is 43.6 Å². The van der Waals surface area contributed by atoms with E-state index in [9.17, 15) is 0 Å². The van der Waals surface area contributed by atoms with Crippen molar-refractivity contribution in [3.05, 3.63) is 60.3 Å². The number of methoxy groups -OCH3 is 1. The molecule has 1 heterocycles. The predicted octanol–water partition coefficient (Wildman–Crippen LogP) is 5.34. The second-order valence-electron chi connectivity index (χ2n) is 6.19. The van der Waals surface area contributed by atoms with Crippen molar-refractivity contribution < 1.29 is 9.30 Å². The number of aryl methyl sites for hydroxylation is 2. The molecule has 0 aliphatic heterocycles. The van der Waals surface area contributed by atoms with E-state index in [0.717, 1.165) is 35.4 Å². The molecule has 2 rings (SSSR count). The Hall–Kier alpha value is -2.35. The molecule has 0 aliphatic rings. The van der Waals surface area contributed by atoms with Gasteiger partial charge in [0.2, 0.25) is 5.69 Å². The average molecular weight is 322 g/mol. The zero-order chi connectivity index (χ0) is 17.7. The second-order valence-corrected chi connectivity index (χ2v) is 6.19. The van der Waals surface area contributed by atoms with Crippen LogP contribution in [0.4, 0.5) is 0 Å². The summed E-state index contributed by atoms with van der Waals surface area (Å²) in [6.45, 7) is 12.7. The minimum absolute atomic E-state index is 0.862. The summed E-state index contributed by atoms with van der Waals surface area (Å²) in [7, 11) is 3.77. The molecule has 0 fully saturated rings. The first-order valence-electron chi connectivity index (χ1n) is 8.51. The number of rotatable bonds is 7. The quantitative estimate of drug-likeness (QED) is 0.627. The van der Waals surface area contributed by atoms with Crippen LogP contribution < -0.4 is 9.30 Å². The zero-order valence-electron chi connectivity index (χ0n) is 15.4. The number of ether oxygens (including phenoxy) is 1. The smallest absolute Gasteiger partial charge is 0.220 e. The highest BCUT2D eigenvalue weighted by Crippen LogP contribution is 2.32. The van der Waals surface area contributed by atoms with Crippen LogP contribution in [0.5, 0.6) is 5.75 Å². The molecule has 1 aromatic heterocycles. The molecule has 126 valence electrons. The van der Waals surface area contributed by atoms with E-state index in [1.807, 2.05) is 12.1 Å². The molecule has 2 heteroatoms. The highest BCUT2D eigenvalue weighted by molar-refractivity contribution is 5.81. The van der Waals surface area contributed by atoms with Gasteiger partial charge in [-0.25, -0.2) is 4.57 Å². The molecule has 1 aromatic carbocycles. The molecule has 0 bridgehead atoms. The highest BCUT2D eigenvalue weighted by Gasteiger charge is 2.21. The van der Waals surface area contributed by atoms with E-state index in [-0.39, 0.29) is 0 Å². The summed E-state index contributed by atoms with van der Waals surface area (Å²) in [5.41, 5.74) is 7.03. The molecule has 0 amide bonds. The van der Waals surface area contributed by atoms with Crippen molar-refractivity contribution in [3.8, 4) is 17.0 Å². The number of hydrogen-bond acceptors (Lipinski definition) is 1. The normalized spacial score (nSPS) is 10.5. The number of hydrogen-bond donors (Lipinski definition) is 0. The van der Waals surface area contributed by atoms with Gasteiger partial charge in [0.05, 0.1) is 18.2 Å². The van der Waals surface area contributed by atoms with Gasteiger partial charge in [-0.1, -0.05) is 38.6 Å². The number of nitrogens with zero attached hydrogens (tertiary/aromatic N) is 1. The molecule has 0 radical (unpaired) electrons. The molecule has 0 aliphatic carbocycles. The maximum absolute atomic E-state index is 5.42. The van der Waals surface area contributed by atoms with E-state index < -0.39 is 0 Å². The Morgan fingerprint density at radius 3 is 2.67 bits per heavy atom. The van der Waals surface area contributed by atoms with Gasteiger partial charge in [-0.3, -0.25) is 0 Å². The molecular formula is C22H28NO+. The van der Waals surface area contributed by atoms with Crippen molar-refractivity contribution in [2.45, 2.75) is 33.1 Å². The van der Waals surface area contributed by atoms with Crippen LogP contribution in [-0.4, -0.2) is 7.11 Å². The van der Waals surface area contributed by atoms with E-state index in [0.29, 0.717) is 0 Å². The van der Waals surface area contributed by atoms with E-state index in [4.69, 9.17) is 4.74 Å². The zero-order valence-corrected chi connectivity index (χ0v) is 15.4. The van der Waals surface area contributed by atoms with Crippen LogP contribution in [-0.2, 0) is 7.05 Å². The van der Waals surface area contributed by atoms with Crippen LogP contribution in [0.25, 0.3) is 22.9 Å². The molecule has 24 heavy (non-hydrogen) atoms. The van der Waals surface area contributed by atoms with Crippen LogP contribution in [0, 0.1) is 6.92 Å². The lowest BCUT2D eigenvalue weighted by Gasteiger charge is -2.14. The number of allylic oxidation sites excluding steroid dienone is 1. The van der Waals surface area contributed by atoms with Gasteiger partial charge in [0, 0.05) is 6.07 Å². The first-order valence-corrected chi connectivity index (χ1v) is 8.51. The van der Waals surface area contributed by atoms with Crippen LogP contribution >= 0.6 is 0 Å². The molecule has 0 unspecified atom stereocenters. The van der Waals surface area contributed by atoms with Gasteiger partial charge in [0.1, 0.15) is 12.8 Å². The van der Waals surface area contributed by atoms with Gasteiger partial charge in [-0.05, 0) is 48.6 Å². The monoisotopic (exact) mass is 322 g/mol. The lowest BCUT2D eigenvalue weighted by molar-refractivity contribution is -0.660. The van der Waals surface area contributed by atoms with E-state index in [1.165, 1.54) is 23.1 Å². The van der Waals surface area contributed by atoms with Crippen molar-refractivity contribution in [1.29, 1.82) is 0 Å². The van der Waals surface area contributed by atoms with Gasteiger partial charge in [0.25, 0.3) is 0 Å². The molecule has 0 atom stereocenters. The number of benzene rings is 1. The third-order valence-corrected chi connectivity index (χ3v) is 4.48. The van der Waals surface area contributed by atoms with Crippen LogP contribution in [0.1, 0.15) is 42.9 Å². The fourth-order valence-corrected chi connectivity index (χ4v) is 3.03. The van der Waals surface area contributed by atoms with Crippen molar-refractivity contribution in [1.82, 2.24) is 0 Å². The van der Waals surface area contributed by atoms with Gasteiger partial charge in [0.15, 0.2) is 6.20 Å². The number of pyridine rings is 1. The number of unbranched alkanes of at least 4 members (excludes halogenated alkanes) is 1. The summed E-state index contributed by atoms with van der Waals surface area (Å²) < 4.78 is 7.57. The average Bonchev–Trinajstić information content (AvgIpc) is 2.60. The fraction of sp³-hybridized carbons (Fsp3) is 0.318. The second kappa shape index (κ2) is 7.96. The maximum Gasteiger partial charge on any atom is 0.220 e. The summed E-state index contributed by atoms with van der Waals surface area (Å²) in [4.78, 5) is 0. The topological polar surface area (TPSA) is 13.1 Å². The Morgan fingerprint density at radius 2 is 2.04 bits per heavy atom. The van der Waals surface area contributed by atoms with Crippen molar-refractivity contribution in [3.63, 3.8) is 0 Å². The lowest BCUT2D eigenvalue weighted by Crippen LogP contribution is -2.32. The Balaban J connectivity index is 2.66. The van der Waals surface area contributed by atoms with E-state index >= 15 is 0 Å². The Bertz CT molecular complexity index is 759.